The first-order valence-corrected chi connectivity index (χ1v) is 9.17. The summed E-state index contributed by atoms with van der Waals surface area (Å²) in [6.07, 6.45) is 0.270. The number of pyridine rings is 1. The van der Waals surface area contributed by atoms with Gasteiger partial charge >= 0.3 is 12.5 Å². The molecule has 32 heavy (non-hydrogen) atoms. The molecule has 0 spiro atoms. The fourth-order valence-electron chi connectivity index (χ4n) is 2.98. The van der Waals surface area contributed by atoms with Crippen molar-refractivity contribution in [1.29, 1.82) is 0 Å². The van der Waals surface area contributed by atoms with Gasteiger partial charge in [0.2, 0.25) is 0 Å². The number of carbonyl (C=O) groups is 2. The molecule has 12 heteroatoms. The van der Waals surface area contributed by atoms with Crippen molar-refractivity contribution >= 4 is 23.5 Å². The lowest BCUT2D eigenvalue weighted by Gasteiger charge is -2.17. The number of nitrogens with zero attached hydrogens (tertiary/aromatic N) is 4. The van der Waals surface area contributed by atoms with Gasteiger partial charge in [0.05, 0.1) is 12.1 Å². The molecule has 1 N–H and O–H groups in total. The van der Waals surface area contributed by atoms with Crippen molar-refractivity contribution < 1.29 is 32.2 Å². The zero-order chi connectivity index (χ0) is 22.7. The number of nitrogens with one attached hydrogen (secondary N) is 1. The van der Waals surface area contributed by atoms with Crippen LogP contribution in [-0.4, -0.2) is 46.5 Å². The Morgan fingerprint density at radius 2 is 1.84 bits per heavy atom. The van der Waals surface area contributed by atoms with Crippen LogP contribution in [0.5, 0.6) is 5.75 Å². The Balaban J connectivity index is 1.59. The molecule has 0 saturated carbocycles. The summed E-state index contributed by atoms with van der Waals surface area (Å²) in [6, 6.07) is 6.22. The first-order chi connectivity index (χ1) is 15.3. The first kappa shape index (κ1) is 21.0. The maximum atomic E-state index is 12.7. The van der Waals surface area contributed by atoms with Gasteiger partial charge in [-0.15, -0.1) is 13.2 Å². The molecule has 3 aromatic rings. The number of cyclic esters (lactones) is 1. The molecule has 4 rings (SSSR count). The van der Waals surface area contributed by atoms with Crippen molar-refractivity contribution in [2.24, 2.45) is 0 Å². The highest BCUT2D eigenvalue weighted by Gasteiger charge is 2.31. The fourth-order valence-corrected chi connectivity index (χ4v) is 2.98. The van der Waals surface area contributed by atoms with E-state index in [9.17, 15) is 22.8 Å². The van der Waals surface area contributed by atoms with E-state index in [0.29, 0.717) is 17.7 Å². The number of carbonyl (C=O) groups excluding carboxylic acids is 2. The third-order valence-electron chi connectivity index (χ3n) is 4.36. The quantitative estimate of drug-likeness (QED) is 0.639. The Kier molecular flexibility index (Phi) is 5.58. The molecule has 164 valence electrons. The molecule has 0 aliphatic carbocycles. The molecule has 9 nitrogen and oxygen atoms in total. The van der Waals surface area contributed by atoms with E-state index < -0.39 is 24.1 Å². The van der Waals surface area contributed by atoms with Crippen LogP contribution in [0.25, 0.3) is 11.1 Å². The number of hydrogen-bond donors (Lipinski definition) is 1. The SMILES string of the molecule is O=C(Nc1ccc(OC(F)(F)F)cc1)c1cnc(N2CCOC2=O)c(-c2cncnc2)c1. The van der Waals surface area contributed by atoms with Crippen LogP contribution >= 0.6 is 0 Å². The zero-order valence-electron chi connectivity index (χ0n) is 16.2. The molecule has 1 aliphatic heterocycles. The zero-order valence-corrected chi connectivity index (χ0v) is 16.2. The molecule has 0 bridgehead atoms. The standard InChI is InChI=1S/C20H14F3N5O4/c21-20(22,23)32-15-3-1-14(2-4-15)27-18(29)12-7-16(13-8-24-11-25-9-13)17(26-10-12)28-5-6-31-19(28)30/h1-4,7-11H,5-6H2,(H,27,29). The van der Waals surface area contributed by atoms with E-state index >= 15 is 0 Å². The van der Waals surface area contributed by atoms with E-state index in [0.717, 1.165) is 12.1 Å². The molecular formula is C20H14F3N5O4. The maximum absolute atomic E-state index is 12.7. The molecule has 1 saturated heterocycles. The van der Waals surface area contributed by atoms with E-state index in [1.54, 1.807) is 0 Å². The van der Waals surface area contributed by atoms with Crippen LogP contribution in [0, 0.1) is 0 Å². The van der Waals surface area contributed by atoms with E-state index in [-0.39, 0.29) is 23.7 Å². The van der Waals surface area contributed by atoms with Crippen molar-refractivity contribution in [2.45, 2.75) is 6.36 Å². The van der Waals surface area contributed by atoms with Gasteiger partial charge in [-0.2, -0.15) is 0 Å². The molecule has 2 aromatic heterocycles. The van der Waals surface area contributed by atoms with Crippen molar-refractivity contribution in [2.75, 3.05) is 23.4 Å². The predicted molar refractivity (Wildman–Crippen MR) is 105 cm³/mol. The van der Waals surface area contributed by atoms with Gasteiger partial charge in [-0.1, -0.05) is 0 Å². The average molecular weight is 445 g/mol. The van der Waals surface area contributed by atoms with E-state index in [1.807, 2.05) is 0 Å². The average Bonchev–Trinajstić information content (AvgIpc) is 3.20. The van der Waals surface area contributed by atoms with Gasteiger partial charge in [0.15, 0.2) is 0 Å². The van der Waals surface area contributed by atoms with Crippen molar-refractivity contribution in [3.8, 4) is 16.9 Å². The van der Waals surface area contributed by atoms with Crippen molar-refractivity contribution in [1.82, 2.24) is 15.0 Å². The second-order valence-corrected chi connectivity index (χ2v) is 6.51. The summed E-state index contributed by atoms with van der Waals surface area (Å²) in [7, 11) is 0. The lowest BCUT2D eigenvalue weighted by molar-refractivity contribution is -0.274. The number of halogens is 3. The highest BCUT2D eigenvalue weighted by Crippen LogP contribution is 2.31. The molecule has 1 aliphatic rings. The number of anilines is 2. The normalized spacial score (nSPS) is 13.6. The van der Waals surface area contributed by atoms with Crippen LogP contribution in [0.15, 0.2) is 55.2 Å². The Hall–Kier alpha value is -4.22. The number of rotatable bonds is 5. The predicted octanol–water partition coefficient (Wildman–Crippen LogP) is 3.65. The third kappa shape index (κ3) is 4.74. The minimum atomic E-state index is -4.81. The van der Waals surface area contributed by atoms with Crippen LogP contribution in [0.4, 0.5) is 29.5 Å². The lowest BCUT2D eigenvalue weighted by Crippen LogP contribution is -2.25. The summed E-state index contributed by atoms with van der Waals surface area (Å²) in [4.78, 5) is 38.2. The van der Waals surface area contributed by atoms with Gasteiger partial charge in [0.25, 0.3) is 5.91 Å². The molecule has 1 fully saturated rings. The topological polar surface area (TPSA) is 107 Å². The monoisotopic (exact) mass is 445 g/mol. The minimum absolute atomic E-state index is 0.149. The third-order valence-corrected chi connectivity index (χ3v) is 4.36. The van der Waals surface area contributed by atoms with Gasteiger partial charge in [0, 0.05) is 35.4 Å². The highest BCUT2D eigenvalue weighted by molar-refractivity contribution is 6.05. The van der Waals surface area contributed by atoms with E-state index in [1.165, 1.54) is 48.0 Å². The summed E-state index contributed by atoms with van der Waals surface area (Å²) in [5.41, 5.74) is 1.36. The van der Waals surface area contributed by atoms with E-state index in [4.69, 9.17) is 4.74 Å². The Bertz CT molecular complexity index is 1140. The fraction of sp³-hybridized carbons (Fsp3) is 0.150. The second kappa shape index (κ2) is 8.49. The van der Waals surface area contributed by atoms with Crippen LogP contribution in [0.3, 0.4) is 0 Å². The molecule has 0 unspecified atom stereocenters. The molecule has 0 atom stereocenters. The number of benzene rings is 1. The van der Waals surface area contributed by atoms with Gasteiger partial charge in [-0.3, -0.25) is 9.69 Å². The Morgan fingerprint density at radius 1 is 1.12 bits per heavy atom. The molecule has 2 amide bonds. The lowest BCUT2D eigenvalue weighted by atomic mass is 10.1. The largest absolute Gasteiger partial charge is 0.573 e. The van der Waals surface area contributed by atoms with Gasteiger partial charge in [-0.25, -0.2) is 19.7 Å². The Morgan fingerprint density at radius 3 is 2.47 bits per heavy atom. The number of hydrogen-bond acceptors (Lipinski definition) is 7. The number of alkyl halides is 3. The summed E-state index contributed by atoms with van der Waals surface area (Å²) in [5.74, 6) is -0.687. The van der Waals surface area contributed by atoms with Gasteiger partial charge in [-0.05, 0) is 30.3 Å². The van der Waals surface area contributed by atoms with E-state index in [2.05, 4.69) is 25.0 Å². The van der Waals surface area contributed by atoms with Gasteiger partial charge in [0.1, 0.15) is 24.5 Å². The Labute approximate surface area is 178 Å². The molecule has 0 radical (unpaired) electrons. The van der Waals surface area contributed by atoms with Crippen LogP contribution < -0.4 is 15.0 Å². The molecule has 1 aromatic carbocycles. The van der Waals surface area contributed by atoms with Crippen molar-refractivity contribution in [3.63, 3.8) is 0 Å². The van der Waals surface area contributed by atoms with Crippen LogP contribution in [0.1, 0.15) is 10.4 Å². The summed E-state index contributed by atoms with van der Waals surface area (Å²) >= 11 is 0. The summed E-state index contributed by atoms with van der Waals surface area (Å²) < 4.78 is 45.6. The first-order valence-electron chi connectivity index (χ1n) is 9.17. The minimum Gasteiger partial charge on any atom is -0.447 e. The number of amides is 2. The summed E-state index contributed by atoms with van der Waals surface area (Å²) in [5, 5.41) is 2.57. The summed E-state index contributed by atoms with van der Waals surface area (Å²) in [6.45, 7) is 0.506. The number of aromatic nitrogens is 3. The van der Waals surface area contributed by atoms with Crippen molar-refractivity contribution in [3.05, 3.63) is 60.8 Å². The number of ether oxygens (including phenoxy) is 2. The van der Waals surface area contributed by atoms with Crippen LogP contribution in [-0.2, 0) is 4.74 Å². The smallest absolute Gasteiger partial charge is 0.447 e. The maximum Gasteiger partial charge on any atom is 0.573 e. The highest BCUT2D eigenvalue weighted by atomic mass is 19.4. The van der Waals surface area contributed by atoms with Gasteiger partial charge < -0.3 is 14.8 Å². The second-order valence-electron chi connectivity index (χ2n) is 6.51. The molecular weight excluding hydrogens is 431 g/mol. The van der Waals surface area contributed by atoms with Crippen LogP contribution in [0.2, 0.25) is 0 Å². The molecule has 3 heterocycles.